The fraction of sp³-hybridized carbons (Fsp3) is 0.867. The van der Waals surface area contributed by atoms with Gasteiger partial charge in [-0.05, 0) is 31.1 Å². The first-order chi connectivity index (χ1) is 9.93. The van der Waals surface area contributed by atoms with Crippen molar-refractivity contribution in [3.05, 3.63) is 0 Å². The quantitative estimate of drug-likeness (QED) is 0.646. The highest BCUT2D eigenvalue weighted by Crippen LogP contribution is 2.26. The van der Waals surface area contributed by atoms with Gasteiger partial charge in [0.2, 0.25) is 0 Å². The number of hydrogen-bond donors (Lipinski definition) is 2. The summed E-state index contributed by atoms with van der Waals surface area (Å²) in [6.07, 6.45) is 2.98. The van der Waals surface area contributed by atoms with Crippen molar-refractivity contribution in [2.45, 2.75) is 45.6 Å². The van der Waals surface area contributed by atoms with Crippen LogP contribution in [-0.2, 0) is 9.53 Å². The van der Waals surface area contributed by atoms with E-state index in [1.54, 1.807) is 12.0 Å². The van der Waals surface area contributed by atoms with Crippen LogP contribution in [0.1, 0.15) is 39.5 Å². The predicted octanol–water partition coefficient (Wildman–Crippen LogP) is 1.94. The molecule has 0 aromatic heterocycles. The maximum atomic E-state index is 12.2. The highest BCUT2D eigenvalue weighted by Gasteiger charge is 2.32. The maximum absolute atomic E-state index is 12.2. The number of rotatable bonds is 10. The van der Waals surface area contributed by atoms with Gasteiger partial charge in [0.25, 0.3) is 0 Å². The van der Waals surface area contributed by atoms with Gasteiger partial charge in [-0.15, -0.1) is 0 Å². The minimum atomic E-state index is -0.812. The van der Waals surface area contributed by atoms with Gasteiger partial charge in [-0.3, -0.25) is 4.79 Å². The van der Waals surface area contributed by atoms with Gasteiger partial charge in [0.15, 0.2) is 0 Å². The Morgan fingerprint density at radius 3 is 2.52 bits per heavy atom. The molecule has 0 bridgehead atoms. The van der Waals surface area contributed by atoms with E-state index >= 15 is 0 Å². The van der Waals surface area contributed by atoms with Crippen molar-refractivity contribution < 1.29 is 19.4 Å². The number of methoxy groups -OCH3 is 1. The lowest BCUT2D eigenvalue weighted by molar-refractivity contribution is -0.138. The van der Waals surface area contributed by atoms with Crippen molar-refractivity contribution >= 4 is 12.0 Å². The molecule has 6 heteroatoms. The van der Waals surface area contributed by atoms with Gasteiger partial charge < -0.3 is 20.1 Å². The Morgan fingerprint density at radius 1 is 1.38 bits per heavy atom. The minimum absolute atomic E-state index is 0.0186. The maximum Gasteiger partial charge on any atom is 0.317 e. The van der Waals surface area contributed by atoms with E-state index in [9.17, 15) is 9.59 Å². The lowest BCUT2D eigenvalue weighted by Crippen LogP contribution is -2.44. The van der Waals surface area contributed by atoms with E-state index in [1.807, 2.05) is 0 Å². The van der Waals surface area contributed by atoms with Gasteiger partial charge in [-0.2, -0.15) is 0 Å². The van der Waals surface area contributed by atoms with Crippen LogP contribution in [0.4, 0.5) is 4.79 Å². The molecular formula is C15H28N2O4. The molecule has 1 rings (SSSR count). The van der Waals surface area contributed by atoms with E-state index in [4.69, 9.17) is 9.84 Å². The summed E-state index contributed by atoms with van der Waals surface area (Å²) in [5.74, 6) is -0.414. The fourth-order valence-electron chi connectivity index (χ4n) is 2.51. The highest BCUT2D eigenvalue weighted by molar-refractivity contribution is 5.75. The molecule has 0 heterocycles. The molecule has 2 N–H and O–H groups in total. The van der Waals surface area contributed by atoms with E-state index in [0.717, 1.165) is 19.3 Å². The van der Waals surface area contributed by atoms with Gasteiger partial charge in [0.1, 0.15) is 0 Å². The summed E-state index contributed by atoms with van der Waals surface area (Å²) >= 11 is 0. The van der Waals surface area contributed by atoms with Crippen LogP contribution in [0.15, 0.2) is 0 Å². The third-order valence-electron chi connectivity index (χ3n) is 3.59. The molecule has 122 valence electrons. The number of ether oxygens (including phenoxy) is 1. The molecule has 1 aliphatic carbocycles. The third kappa shape index (κ3) is 7.32. The van der Waals surface area contributed by atoms with E-state index in [-0.39, 0.29) is 18.4 Å². The molecule has 2 amide bonds. The second kappa shape index (κ2) is 8.87. The Balaban J connectivity index is 2.44. The fourth-order valence-corrected chi connectivity index (χ4v) is 2.51. The van der Waals surface area contributed by atoms with Crippen molar-refractivity contribution in [3.63, 3.8) is 0 Å². The van der Waals surface area contributed by atoms with Gasteiger partial charge in [0.05, 0.1) is 6.61 Å². The zero-order chi connectivity index (χ0) is 15.8. The summed E-state index contributed by atoms with van der Waals surface area (Å²) in [4.78, 5) is 24.9. The van der Waals surface area contributed by atoms with Crippen molar-refractivity contribution in [1.82, 2.24) is 10.2 Å². The SMILES string of the molecule is COCCN(C(=O)NC[C@H](CC(=O)O)CC(C)C)C1CC1. The molecule has 0 saturated heterocycles. The first-order valence-corrected chi connectivity index (χ1v) is 7.69. The molecule has 6 nitrogen and oxygen atoms in total. The molecule has 0 radical (unpaired) electrons. The molecule has 0 aliphatic heterocycles. The van der Waals surface area contributed by atoms with Crippen molar-refractivity contribution in [3.8, 4) is 0 Å². The highest BCUT2D eigenvalue weighted by atomic mass is 16.5. The zero-order valence-electron chi connectivity index (χ0n) is 13.3. The molecule has 21 heavy (non-hydrogen) atoms. The molecule has 0 aromatic rings. The normalized spacial score (nSPS) is 15.8. The molecule has 0 spiro atoms. The standard InChI is InChI=1S/C15H28N2O4/c1-11(2)8-12(9-14(18)19)10-16-15(20)17(6-7-21-3)13-4-5-13/h11-13H,4-10H2,1-3H3,(H,16,20)(H,18,19)/t12-/m0/s1. The molecular weight excluding hydrogens is 272 g/mol. The van der Waals surface area contributed by atoms with Crippen LogP contribution in [0.5, 0.6) is 0 Å². The first-order valence-electron chi connectivity index (χ1n) is 7.69. The second-order valence-electron chi connectivity index (χ2n) is 6.20. The van der Waals surface area contributed by atoms with Crippen molar-refractivity contribution in [2.24, 2.45) is 11.8 Å². The summed E-state index contributed by atoms with van der Waals surface area (Å²) < 4.78 is 5.03. The first kappa shape index (κ1) is 17.8. The number of carboxylic acids is 1. The van der Waals surface area contributed by atoms with E-state index in [2.05, 4.69) is 19.2 Å². The topological polar surface area (TPSA) is 78.9 Å². The monoisotopic (exact) mass is 300 g/mol. The molecule has 1 atom stereocenters. The Hall–Kier alpha value is -1.30. The number of amides is 2. The third-order valence-corrected chi connectivity index (χ3v) is 3.59. The Morgan fingerprint density at radius 2 is 2.05 bits per heavy atom. The van der Waals surface area contributed by atoms with Gasteiger partial charge >= 0.3 is 12.0 Å². The van der Waals surface area contributed by atoms with Crippen LogP contribution in [0.3, 0.4) is 0 Å². The van der Waals surface area contributed by atoms with Crippen LogP contribution in [-0.4, -0.2) is 54.9 Å². The zero-order valence-corrected chi connectivity index (χ0v) is 13.3. The average Bonchev–Trinajstić information content (AvgIpc) is 3.19. The van der Waals surface area contributed by atoms with E-state index in [1.165, 1.54) is 0 Å². The smallest absolute Gasteiger partial charge is 0.317 e. The van der Waals surface area contributed by atoms with Crippen LogP contribution in [0.2, 0.25) is 0 Å². The summed E-state index contributed by atoms with van der Waals surface area (Å²) in [5.41, 5.74) is 0. The molecule has 1 aliphatic rings. The van der Waals surface area contributed by atoms with Crippen LogP contribution < -0.4 is 5.32 Å². The van der Waals surface area contributed by atoms with E-state index in [0.29, 0.717) is 31.7 Å². The number of aliphatic carboxylic acids is 1. The summed E-state index contributed by atoms with van der Waals surface area (Å²) in [7, 11) is 1.62. The lowest BCUT2D eigenvalue weighted by Gasteiger charge is -2.24. The summed E-state index contributed by atoms with van der Waals surface area (Å²) in [6.45, 7) is 5.65. The average molecular weight is 300 g/mol. The minimum Gasteiger partial charge on any atom is -0.481 e. The number of carbonyl (C=O) groups excluding carboxylic acids is 1. The number of carbonyl (C=O) groups is 2. The van der Waals surface area contributed by atoms with Crippen molar-refractivity contribution in [2.75, 3.05) is 26.8 Å². The Bertz CT molecular complexity index is 343. The number of urea groups is 1. The Labute approximate surface area is 126 Å². The predicted molar refractivity (Wildman–Crippen MR) is 80.2 cm³/mol. The second-order valence-corrected chi connectivity index (χ2v) is 6.20. The molecule has 0 unspecified atom stereocenters. The summed E-state index contributed by atoms with van der Waals surface area (Å²) in [6, 6.07) is 0.219. The van der Waals surface area contributed by atoms with Gasteiger partial charge in [-0.1, -0.05) is 13.8 Å². The van der Waals surface area contributed by atoms with E-state index < -0.39 is 5.97 Å². The number of nitrogens with zero attached hydrogens (tertiary/aromatic N) is 1. The number of hydrogen-bond acceptors (Lipinski definition) is 3. The van der Waals surface area contributed by atoms with Crippen LogP contribution in [0.25, 0.3) is 0 Å². The molecule has 1 saturated carbocycles. The summed E-state index contributed by atoms with van der Waals surface area (Å²) in [5, 5.41) is 11.8. The largest absolute Gasteiger partial charge is 0.481 e. The Kier molecular flexibility index (Phi) is 7.50. The molecule has 1 fully saturated rings. The number of nitrogens with one attached hydrogen (secondary N) is 1. The van der Waals surface area contributed by atoms with Crippen molar-refractivity contribution in [1.29, 1.82) is 0 Å². The lowest BCUT2D eigenvalue weighted by atomic mass is 9.94. The number of carboxylic acid groups (broad SMARTS) is 1. The van der Waals surface area contributed by atoms with Gasteiger partial charge in [0, 0.05) is 32.7 Å². The molecule has 0 aromatic carbocycles. The van der Waals surface area contributed by atoms with Gasteiger partial charge in [-0.25, -0.2) is 4.79 Å². The van der Waals surface area contributed by atoms with Crippen LogP contribution >= 0.6 is 0 Å². The van der Waals surface area contributed by atoms with Crippen LogP contribution in [0, 0.1) is 11.8 Å².